The fourth-order valence-electron chi connectivity index (χ4n) is 3.04. The maximum Gasteiger partial charge on any atom is 0.406 e. The fourth-order valence-corrected chi connectivity index (χ4v) is 3.04. The molecule has 29 heavy (non-hydrogen) atoms. The molecule has 0 aliphatic rings. The molecule has 0 aliphatic heterocycles. The molecule has 0 saturated carbocycles. The number of pyridine rings is 1. The first kappa shape index (κ1) is 20.0. The van der Waals surface area contributed by atoms with Crippen molar-refractivity contribution in [1.29, 1.82) is 0 Å². The third-order valence-corrected chi connectivity index (χ3v) is 4.23. The number of nitrogens with one attached hydrogen (secondary N) is 1. The van der Waals surface area contributed by atoms with Gasteiger partial charge in [-0.3, -0.25) is 4.79 Å². The van der Waals surface area contributed by atoms with Crippen LogP contribution >= 0.6 is 0 Å². The van der Waals surface area contributed by atoms with Gasteiger partial charge in [-0.15, -0.1) is 0 Å². The van der Waals surface area contributed by atoms with Crippen molar-refractivity contribution in [3.63, 3.8) is 0 Å². The lowest BCUT2D eigenvalue weighted by Gasteiger charge is -2.19. The minimum Gasteiger partial charge on any atom is -0.467 e. The Kier molecular flexibility index (Phi) is 5.87. The van der Waals surface area contributed by atoms with Gasteiger partial charge in [-0.1, -0.05) is 36.4 Å². The van der Waals surface area contributed by atoms with E-state index in [2.05, 4.69) is 10.3 Å². The highest BCUT2D eigenvalue weighted by atomic mass is 16.6. The van der Waals surface area contributed by atoms with Gasteiger partial charge in [0.1, 0.15) is 5.69 Å². The van der Waals surface area contributed by atoms with Crippen molar-refractivity contribution in [3.8, 4) is 5.75 Å². The molecule has 0 saturated heterocycles. The number of anilines is 1. The molecule has 0 spiro atoms. The maximum atomic E-state index is 13.1. The van der Waals surface area contributed by atoms with Crippen LogP contribution in [0.5, 0.6) is 5.75 Å². The van der Waals surface area contributed by atoms with Crippen LogP contribution in [-0.4, -0.2) is 15.8 Å². The Bertz CT molecular complexity index is 1030. The first-order valence-electron chi connectivity index (χ1n) is 9.06. The number of benzene rings is 2. The number of hydrogen-bond donors (Lipinski definition) is 1. The van der Waals surface area contributed by atoms with E-state index >= 15 is 0 Å². The Morgan fingerprint density at radius 1 is 1.03 bits per heavy atom. The van der Waals surface area contributed by atoms with E-state index in [1.807, 2.05) is 38.1 Å². The smallest absolute Gasteiger partial charge is 0.406 e. The van der Waals surface area contributed by atoms with Gasteiger partial charge in [-0.05, 0) is 59.1 Å². The minimum absolute atomic E-state index is 0.0648. The van der Waals surface area contributed by atoms with Crippen molar-refractivity contribution < 1.29 is 14.5 Å². The van der Waals surface area contributed by atoms with Crippen LogP contribution in [0.4, 0.5) is 11.5 Å². The van der Waals surface area contributed by atoms with Crippen molar-refractivity contribution in [2.45, 2.75) is 26.9 Å². The van der Waals surface area contributed by atoms with E-state index in [4.69, 9.17) is 4.74 Å². The zero-order valence-corrected chi connectivity index (χ0v) is 16.4. The van der Waals surface area contributed by atoms with E-state index in [0.29, 0.717) is 16.9 Å². The zero-order valence-electron chi connectivity index (χ0n) is 16.4. The molecule has 3 aromatic rings. The van der Waals surface area contributed by atoms with Crippen molar-refractivity contribution in [2.24, 2.45) is 0 Å². The molecule has 0 unspecified atom stereocenters. The summed E-state index contributed by atoms with van der Waals surface area (Å²) in [6.07, 6.45) is -1.08. The van der Waals surface area contributed by atoms with Gasteiger partial charge in [0.25, 0.3) is 5.91 Å². The average molecular weight is 391 g/mol. The molecular formula is C22H21N3O4. The third-order valence-electron chi connectivity index (χ3n) is 4.23. The van der Waals surface area contributed by atoms with Gasteiger partial charge in [-0.25, -0.2) is 0 Å². The second-order valence-electron chi connectivity index (χ2n) is 6.81. The van der Waals surface area contributed by atoms with E-state index in [1.54, 1.807) is 37.3 Å². The first-order valence-corrected chi connectivity index (χ1v) is 9.06. The van der Waals surface area contributed by atoms with Crippen LogP contribution < -0.4 is 10.1 Å². The number of rotatable bonds is 6. The van der Waals surface area contributed by atoms with Crippen molar-refractivity contribution >= 4 is 17.4 Å². The predicted octanol–water partition coefficient (Wildman–Crippen LogP) is 4.67. The average Bonchev–Trinajstić information content (AvgIpc) is 2.66. The third kappa shape index (κ3) is 4.95. The molecule has 3 rings (SSSR count). The van der Waals surface area contributed by atoms with Crippen LogP contribution in [-0.2, 0) is 4.79 Å². The molecule has 1 atom stereocenters. The summed E-state index contributed by atoms with van der Waals surface area (Å²) in [4.78, 5) is 27.8. The Morgan fingerprint density at radius 3 is 2.31 bits per heavy atom. The molecule has 0 bridgehead atoms. The number of carbonyl (C=O) groups excluding carboxylic acids is 1. The van der Waals surface area contributed by atoms with Gasteiger partial charge in [0.15, 0.2) is 0 Å². The molecule has 1 heterocycles. The second kappa shape index (κ2) is 8.52. The highest BCUT2D eigenvalue weighted by Crippen LogP contribution is 2.30. The van der Waals surface area contributed by atoms with Crippen LogP contribution in [0.1, 0.15) is 28.5 Å². The summed E-state index contributed by atoms with van der Waals surface area (Å²) in [5, 5.41) is 14.2. The standard InChI is InChI=1S/C22H21N3O4/c1-14-11-15(2)13-18(12-14)24-22(26)20(17-7-5-4-6-8-17)29-19-10-9-16(3)23-21(19)25(27)28/h4-13,20H,1-3H3,(H,24,26)/t20-/m0/s1. The van der Waals surface area contributed by atoms with Crippen LogP contribution in [0.25, 0.3) is 0 Å². The van der Waals surface area contributed by atoms with Crippen LogP contribution in [0.2, 0.25) is 0 Å². The zero-order chi connectivity index (χ0) is 21.0. The van der Waals surface area contributed by atoms with Gasteiger partial charge in [0, 0.05) is 18.2 Å². The lowest BCUT2D eigenvalue weighted by atomic mass is 10.1. The predicted molar refractivity (Wildman–Crippen MR) is 110 cm³/mol. The molecule has 1 amide bonds. The van der Waals surface area contributed by atoms with Crippen molar-refractivity contribution in [2.75, 3.05) is 5.32 Å². The summed E-state index contributed by atoms with van der Waals surface area (Å²) < 4.78 is 5.83. The van der Waals surface area contributed by atoms with Crippen LogP contribution in [0.3, 0.4) is 0 Å². The van der Waals surface area contributed by atoms with E-state index in [9.17, 15) is 14.9 Å². The molecule has 2 aromatic carbocycles. The lowest BCUT2D eigenvalue weighted by Crippen LogP contribution is -2.26. The largest absolute Gasteiger partial charge is 0.467 e. The van der Waals surface area contributed by atoms with Gasteiger partial charge in [-0.2, -0.15) is 0 Å². The molecule has 7 heteroatoms. The topological polar surface area (TPSA) is 94.4 Å². The number of hydrogen-bond acceptors (Lipinski definition) is 5. The molecule has 148 valence electrons. The summed E-state index contributed by atoms with van der Waals surface area (Å²) in [5.74, 6) is -0.925. The molecule has 0 radical (unpaired) electrons. The van der Waals surface area contributed by atoms with E-state index < -0.39 is 22.8 Å². The van der Waals surface area contributed by atoms with E-state index in [1.165, 1.54) is 6.07 Å². The molecule has 0 aliphatic carbocycles. The number of ether oxygens (including phenoxy) is 1. The number of aryl methyl sites for hydroxylation is 3. The molecule has 0 fully saturated rings. The highest BCUT2D eigenvalue weighted by molar-refractivity contribution is 5.95. The van der Waals surface area contributed by atoms with E-state index in [0.717, 1.165) is 11.1 Å². The van der Waals surface area contributed by atoms with Gasteiger partial charge < -0.3 is 20.2 Å². The van der Waals surface area contributed by atoms with Gasteiger partial charge in [0.2, 0.25) is 11.9 Å². The number of nitro groups is 1. The SMILES string of the molecule is Cc1cc(C)cc(NC(=O)[C@@H](Oc2ccc(C)nc2[N+](=O)[O-])c2ccccc2)c1. The van der Waals surface area contributed by atoms with Crippen molar-refractivity contribution in [3.05, 3.63) is 93.2 Å². The van der Waals surface area contributed by atoms with Gasteiger partial charge >= 0.3 is 5.82 Å². The normalized spacial score (nSPS) is 11.6. The highest BCUT2D eigenvalue weighted by Gasteiger charge is 2.27. The quantitative estimate of drug-likeness (QED) is 0.486. The summed E-state index contributed by atoms with van der Waals surface area (Å²) in [6.45, 7) is 5.53. The number of amides is 1. The maximum absolute atomic E-state index is 13.1. The molecule has 1 aromatic heterocycles. The second-order valence-corrected chi connectivity index (χ2v) is 6.81. The van der Waals surface area contributed by atoms with E-state index in [-0.39, 0.29) is 5.75 Å². The summed E-state index contributed by atoms with van der Waals surface area (Å²) in [7, 11) is 0. The number of carbonyl (C=O) groups is 1. The van der Waals surface area contributed by atoms with Crippen molar-refractivity contribution in [1.82, 2.24) is 4.98 Å². The Hall–Kier alpha value is -3.74. The number of aromatic nitrogens is 1. The van der Waals surface area contributed by atoms with Gasteiger partial charge in [0.05, 0.1) is 0 Å². The van der Waals surface area contributed by atoms with Crippen LogP contribution in [0, 0.1) is 30.9 Å². The van der Waals surface area contributed by atoms with Crippen LogP contribution in [0.15, 0.2) is 60.7 Å². The summed E-state index contributed by atoms with van der Waals surface area (Å²) in [5.41, 5.74) is 3.71. The minimum atomic E-state index is -1.08. The Labute approximate surface area is 168 Å². The number of nitrogens with zero attached hydrogens (tertiary/aromatic N) is 2. The fraction of sp³-hybridized carbons (Fsp3) is 0.182. The Morgan fingerprint density at radius 2 is 1.69 bits per heavy atom. The summed E-state index contributed by atoms with van der Waals surface area (Å²) >= 11 is 0. The first-order chi connectivity index (χ1) is 13.8. The molecular weight excluding hydrogens is 370 g/mol. The lowest BCUT2D eigenvalue weighted by molar-refractivity contribution is -0.390. The Balaban J connectivity index is 1.96. The summed E-state index contributed by atoms with van der Waals surface area (Å²) in [6, 6.07) is 17.6. The molecule has 1 N–H and O–H groups in total. The monoisotopic (exact) mass is 391 g/mol. The molecule has 7 nitrogen and oxygen atoms in total.